The van der Waals surface area contributed by atoms with Gasteiger partial charge in [-0.05, 0) is 25.0 Å². The Labute approximate surface area is 166 Å². The normalized spacial score (nSPS) is 15.2. The van der Waals surface area contributed by atoms with Crippen LogP contribution in [0.3, 0.4) is 0 Å². The second-order valence-electron chi connectivity index (χ2n) is 7.13. The Bertz CT molecular complexity index is 1130. The largest absolute Gasteiger partial charge is 0.381 e. The van der Waals surface area contributed by atoms with Crippen molar-refractivity contribution in [3.63, 3.8) is 0 Å². The van der Waals surface area contributed by atoms with Crippen molar-refractivity contribution >= 4 is 22.8 Å². The molecule has 0 spiro atoms. The lowest BCUT2D eigenvalue weighted by Crippen LogP contribution is -2.26. The average molecular weight is 391 g/mol. The van der Waals surface area contributed by atoms with Crippen LogP contribution in [0, 0.1) is 0 Å². The Morgan fingerprint density at radius 2 is 2.14 bits per heavy atom. The second kappa shape index (κ2) is 7.59. The zero-order chi connectivity index (χ0) is 19.6. The Balaban J connectivity index is 1.24. The highest BCUT2D eigenvalue weighted by molar-refractivity contribution is 5.96. The molecule has 29 heavy (non-hydrogen) atoms. The number of amides is 1. The molecule has 0 radical (unpaired) electrons. The summed E-state index contributed by atoms with van der Waals surface area (Å²) in [4.78, 5) is 30.1. The molecule has 0 unspecified atom stereocenters. The molecule has 1 saturated heterocycles. The SMILES string of the molecule is O=C(NCCc1cn2cccnc2n1)c1cnc2c(c1)ncn2C1CCOCC1. The van der Waals surface area contributed by atoms with Crippen LogP contribution < -0.4 is 5.32 Å². The van der Waals surface area contributed by atoms with Gasteiger partial charge in [0.25, 0.3) is 5.91 Å². The van der Waals surface area contributed by atoms with Gasteiger partial charge in [-0.2, -0.15) is 0 Å². The van der Waals surface area contributed by atoms with E-state index in [1.165, 1.54) is 0 Å². The predicted molar refractivity (Wildman–Crippen MR) is 106 cm³/mol. The summed E-state index contributed by atoms with van der Waals surface area (Å²) in [7, 11) is 0. The number of hydrogen-bond donors (Lipinski definition) is 1. The molecule has 0 bridgehead atoms. The first kappa shape index (κ1) is 17.7. The van der Waals surface area contributed by atoms with Crippen LogP contribution in [0.1, 0.15) is 34.9 Å². The summed E-state index contributed by atoms with van der Waals surface area (Å²) < 4.78 is 9.39. The number of hydrogen-bond acceptors (Lipinski definition) is 6. The van der Waals surface area contributed by atoms with Crippen LogP contribution in [0.5, 0.6) is 0 Å². The molecule has 9 nitrogen and oxygen atoms in total. The van der Waals surface area contributed by atoms with Gasteiger partial charge in [-0.15, -0.1) is 0 Å². The van der Waals surface area contributed by atoms with Gasteiger partial charge in [0, 0.05) is 57.0 Å². The third kappa shape index (κ3) is 3.56. The van der Waals surface area contributed by atoms with Gasteiger partial charge in [0.15, 0.2) is 5.65 Å². The zero-order valence-electron chi connectivity index (χ0n) is 15.9. The Morgan fingerprint density at radius 3 is 3.00 bits per heavy atom. The quantitative estimate of drug-likeness (QED) is 0.557. The summed E-state index contributed by atoms with van der Waals surface area (Å²) in [6, 6.07) is 4.00. The van der Waals surface area contributed by atoms with Gasteiger partial charge < -0.3 is 14.6 Å². The molecule has 1 N–H and O–H groups in total. The standard InChI is InChI=1S/C20H21N7O2/c28-19(21-6-2-15-12-26-7-1-5-22-20(26)25-15)14-10-17-18(23-11-14)27(13-24-17)16-3-8-29-9-4-16/h1,5,7,10-13,16H,2-4,6,8-9H2,(H,21,28). The molecule has 0 saturated carbocycles. The van der Waals surface area contributed by atoms with Crippen molar-refractivity contribution in [2.75, 3.05) is 19.8 Å². The average Bonchev–Trinajstić information content (AvgIpc) is 3.37. The maximum Gasteiger partial charge on any atom is 0.252 e. The van der Waals surface area contributed by atoms with Crippen molar-refractivity contribution < 1.29 is 9.53 Å². The number of carbonyl (C=O) groups is 1. The van der Waals surface area contributed by atoms with Crippen LogP contribution in [-0.4, -0.2) is 54.6 Å². The molecule has 5 rings (SSSR count). The van der Waals surface area contributed by atoms with E-state index in [-0.39, 0.29) is 5.91 Å². The molecule has 148 valence electrons. The minimum Gasteiger partial charge on any atom is -0.381 e. The minimum absolute atomic E-state index is 0.165. The molecular weight excluding hydrogens is 370 g/mol. The predicted octanol–water partition coefficient (Wildman–Crippen LogP) is 1.80. The highest BCUT2D eigenvalue weighted by atomic mass is 16.5. The molecule has 0 atom stereocenters. The molecule has 9 heteroatoms. The summed E-state index contributed by atoms with van der Waals surface area (Å²) in [6.45, 7) is 2.00. The van der Waals surface area contributed by atoms with Crippen LogP contribution >= 0.6 is 0 Å². The number of aromatic nitrogens is 6. The van der Waals surface area contributed by atoms with E-state index in [4.69, 9.17) is 4.74 Å². The number of nitrogens with one attached hydrogen (secondary N) is 1. The molecule has 1 amide bonds. The lowest BCUT2D eigenvalue weighted by molar-refractivity contribution is 0.0704. The van der Waals surface area contributed by atoms with Gasteiger partial charge in [0.2, 0.25) is 5.78 Å². The van der Waals surface area contributed by atoms with Crippen LogP contribution in [-0.2, 0) is 11.2 Å². The van der Waals surface area contributed by atoms with Gasteiger partial charge in [0.1, 0.15) is 5.52 Å². The Kier molecular flexibility index (Phi) is 4.65. The van der Waals surface area contributed by atoms with E-state index in [2.05, 4.69) is 29.8 Å². The first-order chi connectivity index (χ1) is 14.3. The third-order valence-corrected chi connectivity index (χ3v) is 5.21. The van der Waals surface area contributed by atoms with E-state index in [9.17, 15) is 4.79 Å². The lowest BCUT2D eigenvalue weighted by Gasteiger charge is -2.23. The number of nitrogens with zero attached hydrogens (tertiary/aromatic N) is 6. The first-order valence-electron chi connectivity index (χ1n) is 9.75. The molecule has 5 heterocycles. The van der Waals surface area contributed by atoms with Gasteiger partial charge in [-0.1, -0.05) is 0 Å². The van der Waals surface area contributed by atoms with E-state index in [0.717, 1.165) is 42.9 Å². The van der Waals surface area contributed by atoms with E-state index >= 15 is 0 Å². The van der Waals surface area contributed by atoms with Crippen molar-refractivity contribution in [3.8, 4) is 0 Å². The van der Waals surface area contributed by atoms with Crippen molar-refractivity contribution in [2.24, 2.45) is 0 Å². The maximum absolute atomic E-state index is 12.5. The lowest BCUT2D eigenvalue weighted by atomic mass is 10.1. The Morgan fingerprint density at radius 1 is 1.24 bits per heavy atom. The van der Waals surface area contributed by atoms with Gasteiger partial charge in [-0.25, -0.2) is 19.9 Å². The van der Waals surface area contributed by atoms with Crippen molar-refractivity contribution in [1.82, 2.24) is 34.2 Å². The van der Waals surface area contributed by atoms with Gasteiger partial charge in [-0.3, -0.25) is 9.20 Å². The monoisotopic (exact) mass is 391 g/mol. The molecule has 1 fully saturated rings. The molecule has 4 aromatic heterocycles. The van der Waals surface area contributed by atoms with Crippen molar-refractivity contribution in [2.45, 2.75) is 25.3 Å². The molecule has 0 aliphatic carbocycles. The number of carbonyl (C=O) groups excluding carboxylic acids is 1. The van der Waals surface area contributed by atoms with Crippen molar-refractivity contribution in [3.05, 3.63) is 54.5 Å². The molecule has 1 aliphatic heterocycles. The topological polar surface area (TPSA) is 99.2 Å². The van der Waals surface area contributed by atoms with Crippen LogP contribution in [0.2, 0.25) is 0 Å². The summed E-state index contributed by atoms with van der Waals surface area (Å²) in [5.41, 5.74) is 2.93. The van der Waals surface area contributed by atoms with E-state index < -0.39 is 0 Å². The van der Waals surface area contributed by atoms with Crippen LogP contribution in [0.15, 0.2) is 43.2 Å². The summed E-state index contributed by atoms with van der Waals surface area (Å²) in [6.07, 6.45) is 11.5. The number of pyridine rings is 1. The number of ether oxygens (including phenoxy) is 1. The molecule has 4 aromatic rings. The molecule has 1 aliphatic rings. The van der Waals surface area contributed by atoms with Gasteiger partial charge >= 0.3 is 0 Å². The van der Waals surface area contributed by atoms with E-state index in [0.29, 0.717) is 30.3 Å². The second-order valence-corrected chi connectivity index (χ2v) is 7.13. The minimum atomic E-state index is -0.165. The van der Waals surface area contributed by atoms with Crippen molar-refractivity contribution in [1.29, 1.82) is 0 Å². The molecular formula is C20H21N7O2. The first-order valence-corrected chi connectivity index (χ1v) is 9.75. The fraction of sp³-hybridized carbons (Fsp3) is 0.350. The van der Waals surface area contributed by atoms with Crippen LogP contribution in [0.4, 0.5) is 0 Å². The Hall–Kier alpha value is -3.33. The van der Waals surface area contributed by atoms with Crippen LogP contribution in [0.25, 0.3) is 16.9 Å². The third-order valence-electron chi connectivity index (χ3n) is 5.21. The van der Waals surface area contributed by atoms with Gasteiger partial charge in [0.05, 0.1) is 17.6 Å². The smallest absolute Gasteiger partial charge is 0.252 e. The highest BCUT2D eigenvalue weighted by Gasteiger charge is 2.19. The highest BCUT2D eigenvalue weighted by Crippen LogP contribution is 2.24. The fourth-order valence-corrected chi connectivity index (χ4v) is 3.68. The summed E-state index contributed by atoms with van der Waals surface area (Å²) >= 11 is 0. The van der Waals surface area contributed by atoms with E-state index in [1.54, 1.807) is 18.5 Å². The summed E-state index contributed by atoms with van der Waals surface area (Å²) in [5.74, 6) is 0.491. The summed E-state index contributed by atoms with van der Waals surface area (Å²) in [5, 5.41) is 2.93. The zero-order valence-corrected chi connectivity index (χ0v) is 15.9. The van der Waals surface area contributed by atoms with E-state index in [1.807, 2.05) is 29.2 Å². The number of fused-ring (bicyclic) bond motifs is 2. The number of rotatable bonds is 5. The fourth-order valence-electron chi connectivity index (χ4n) is 3.68. The maximum atomic E-state index is 12.5. The molecule has 0 aromatic carbocycles. The number of imidazole rings is 2.